The number of carbonyl (C=O) groups is 2. The van der Waals surface area contributed by atoms with Gasteiger partial charge in [0.05, 0.1) is 0 Å². The molecule has 1 aromatic rings. The molecule has 0 spiro atoms. The second-order valence-electron chi connectivity index (χ2n) is 4.48. The van der Waals surface area contributed by atoms with Crippen LogP contribution in [0.4, 0.5) is 0 Å². The van der Waals surface area contributed by atoms with E-state index in [1.165, 1.54) is 5.38 Å². The van der Waals surface area contributed by atoms with Crippen molar-refractivity contribution in [2.45, 2.75) is 25.8 Å². The number of nitrogens with zero attached hydrogens (tertiary/aromatic N) is 2. The Morgan fingerprint density at radius 2 is 2.42 bits per heavy atom. The third-order valence-corrected chi connectivity index (χ3v) is 4.16. The van der Waals surface area contributed by atoms with Crippen LogP contribution in [0.1, 0.15) is 40.1 Å². The number of likely N-dealkylation sites (N-methyl/N-ethyl adjacent to an activating group) is 1. The first-order chi connectivity index (χ1) is 9.11. The van der Waals surface area contributed by atoms with Crippen molar-refractivity contribution in [2.24, 2.45) is 0 Å². The van der Waals surface area contributed by atoms with Gasteiger partial charge in [0.15, 0.2) is 10.7 Å². The fourth-order valence-corrected chi connectivity index (χ4v) is 3.01. The van der Waals surface area contributed by atoms with E-state index >= 15 is 0 Å². The summed E-state index contributed by atoms with van der Waals surface area (Å²) in [5, 5.41) is 13.2. The number of amides is 1. The molecular formula is C12H17N3O3S. The number of aromatic nitrogens is 1. The molecule has 19 heavy (non-hydrogen) atoms. The normalized spacial score (nSPS) is 19.5. The zero-order valence-electron chi connectivity index (χ0n) is 10.8. The minimum Gasteiger partial charge on any atom is -0.476 e. The fourth-order valence-electron chi connectivity index (χ4n) is 2.31. The predicted molar refractivity (Wildman–Crippen MR) is 71.7 cm³/mol. The van der Waals surface area contributed by atoms with Crippen LogP contribution in [-0.4, -0.2) is 52.5 Å². The Hall–Kier alpha value is -1.47. The monoisotopic (exact) mass is 283 g/mol. The van der Waals surface area contributed by atoms with Crippen LogP contribution in [0, 0.1) is 0 Å². The molecule has 1 saturated heterocycles. The number of hydrogen-bond donors (Lipinski definition) is 2. The maximum absolute atomic E-state index is 11.9. The summed E-state index contributed by atoms with van der Waals surface area (Å²) in [6.07, 6.45) is 2.25. The van der Waals surface area contributed by atoms with Gasteiger partial charge in [-0.2, -0.15) is 0 Å². The molecule has 104 valence electrons. The fraction of sp³-hybridized carbons (Fsp3) is 0.583. The van der Waals surface area contributed by atoms with E-state index in [-0.39, 0.29) is 16.6 Å². The van der Waals surface area contributed by atoms with Crippen LogP contribution >= 0.6 is 11.3 Å². The molecule has 2 rings (SSSR count). The van der Waals surface area contributed by atoms with Crippen molar-refractivity contribution in [1.29, 1.82) is 0 Å². The van der Waals surface area contributed by atoms with Crippen molar-refractivity contribution in [3.63, 3.8) is 0 Å². The Balaban J connectivity index is 1.88. The first kappa shape index (κ1) is 14.0. The number of carboxylic acids is 1. The minimum atomic E-state index is -1.11. The summed E-state index contributed by atoms with van der Waals surface area (Å²) >= 11 is 1.06. The zero-order valence-corrected chi connectivity index (χ0v) is 11.6. The minimum absolute atomic E-state index is 0.0776. The molecule has 0 bridgehead atoms. The molecule has 2 heterocycles. The van der Waals surface area contributed by atoms with Gasteiger partial charge in [0.1, 0.15) is 0 Å². The lowest BCUT2D eigenvalue weighted by Crippen LogP contribution is -2.40. The second kappa shape index (κ2) is 6.12. The van der Waals surface area contributed by atoms with Gasteiger partial charge in [0, 0.05) is 18.0 Å². The molecule has 0 aromatic carbocycles. The van der Waals surface area contributed by atoms with Gasteiger partial charge in [-0.3, -0.25) is 9.69 Å². The van der Waals surface area contributed by atoms with Crippen LogP contribution in [0.5, 0.6) is 0 Å². The largest absolute Gasteiger partial charge is 0.476 e. The number of likely N-dealkylation sites (tertiary alicyclic amines) is 1. The van der Waals surface area contributed by atoms with E-state index in [0.29, 0.717) is 12.6 Å². The summed E-state index contributed by atoms with van der Waals surface area (Å²) in [6.45, 7) is 4.77. The SMILES string of the molecule is CCN1CCCC1CNC(=O)c1nc(C(=O)O)cs1. The number of rotatable bonds is 5. The molecule has 1 unspecified atom stereocenters. The van der Waals surface area contributed by atoms with Gasteiger partial charge >= 0.3 is 5.97 Å². The van der Waals surface area contributed by atoms with Crippen molar-refractivity contribution in [2.75, 3.05) is 19.6 Å². The Morgan fingerprint density at radius 3 is 3.05 bits per heavy atom. The van der Waals surface area contributed by atoms with Crippen molar-refractivity contribution >= 4 is 23.2 Å². The van der Waals surface area contributed by atoms with E-state index in [4.69, 9.17) is 5.11 Å². The highest BCUT2D eigenvalue weighted by molar-refractivity contribution is 7.11. The molecular weight excluding hydrogens is 266 g/mol. The van der Waals surface area contributed by atoms with Crippen LogP contribution in [0.2, 0.25) is 0 Å². The molecule has 1 aliphatic heterocycles. The maximum Gasteiger partial charge on any atom is 0.355 e. The molecule has 7 heteroatoms. The van der Waals surface area contributed by atoms with Gasteiger partial charge in [0.25, 0.3) is 5.91 Å². The molecule has 6 nitrogen and oxygen atoms in total. The molecule has 0 radical (unpaired) electrons. The van der Waals surface area contributed by atoms with Gasteiger partial charge in [-0.15, -0.1) is 11.3 Å². The molecule has 0 saturated carbocycles. The average molecular weight is 283 g/mol. The van der Waals surface area contributed by atoms with Crippen molar-refractivity contribution in [3.8, 4) is 0 Å². The summed E-state index contributed by atoms with van der Waals surface area (Å²) in [5.74, 6) is -1.40. The molecule has 1 amide bonds. The first-order valence-electron chi connectivity index (χ1n) is 6.33. The van der Waals surface area contributed by atoms with E-state index in [1.54, 1.807) is 0 Å². The van der Waals surface area contributed by atoms with Crippen molar-refractivity contribution in [1.82, 2.24) is 15.2 Å². The molecule has 1 atom stereocenters. The number of hydrogen-bond acceptors (Lipinski definition) is 5. The van der Waals surface area contributed by atoms with E-state index in [2.05, 4.69) is 22.1 Å². The zero-order chi connectivity index (χ0) is 13.8. The Bertz CT molecular complexity index is 475. The van der Waals surface area contributed by atoms with E-state index in [1.807, 2.05) is 0 Å². The van der Waals surface area contributed by atoms with Crippen molar-refractivity contribution < 1.29 is 14.7 Å². The van der Waals surface area contributed by atoms with Crippen LogP contribution in [0.15, 0.2) is 5.38 Å². The predicted octanol–water partition coefficient (Wildman–Crippen LogP) is 1.06. The quantitative estimate of drug-likeness (QED) is 0.844. The standard InChI is InChI=1S/C12H17N3O3S/c1-2-15-5-3-4-8(15)6-13-10(16)11-14-9(7-19-11)12(17)18/h7-8H,2-6H2,1H3,(H,13,16)(H,17,18). The summed E-state index contributed by atoms with van der Waals surface area (Å²) in [6, 6.07) is 0.382. The smallest absolute Gasteiger partial charge is 0.355 e. The Morgan fingerprint density at radius 1 is 1.63 bits per heavy atom. The number of carbonyl (C=O) groups excluding carboxylic acids is 1. The van der Waals surface area contributed by atoms with E-state index in [9.17, 15) is 9.59 Å². The van der Waals surface area contributed by atoms with Crippen LogP contribution < -0.4 is 5.32 Å². The molecule has 2 N–H and O–H groups in total. The summed E-state index contributed by atoms with van der Waals surface area (Å²) < 4.78 is 0. The first-order valence-corrected chi connectivity index (χ1v) is 7.21. The van der Waals surface area contributed by atoms with Gasteiger partial charge in [-0.05, 0) is 25.9 Å². The highest BCUT2D eigenvalue weighted by Crippen LogP contribution is 2.16. The lowest BCUT2D eigenvalue weighted by molar-refractivity contribution is 0.0691. The number of aromatic carboxylic acids is 1. The highest BCUT2D eigenvalue weighted by Gasteiger charge is 2.24. The molecule has 0 aliphatic carbocycles. The summed E-state index contributed by atoms with van der Waals surface area (Å²) in [7, 11) is 0. The number of carboxylic acid groups (broad SMARTS) is 1. The van der Waals surface area contributed by atoms with Gasteiger partial charge in [0.2, 0.25) is 0 Å². The van der Waals surface area contributed by atoms with E-state index < -0.39 is 5.97 Å². The van der Waals surface area contributed by atoms with Gasteiger partial charge < -0.3 is 10.4 Å². The number of nitrogens with one attached hydrogen (secondary N) is 1. The Labute approximate surface area is 115 Å². The van der Waals surface area contributed by atoms with Gasteiger partial charge in [-0.1, -0.05) is 6.92 Å². The van der Waals surface area contributed by atoms with E-state index in [0.717, 1.165) is 37.3 Å². The average Bonchev–Trinajstić information content (AvgIpc) is 3.04. The Kier molecular flexibility index (Phi) is 4.49. The van der Waals surface area contributed by atoms with Crippen LogP contribution in [0.3, 0.4) is 0 Å². The lowest BCUT2D eigenvalue weighted by atomic mass is 10.2. The maximum atomic E-state index is 11.9. The lowest BCUT2D eigenvalue weighted by Gasteiger charge is -2.22. The van der Waals surface area contributed by atoms with Gasteiger partial charge in [-0.25, -0.2) is 9.78 Å². The summed E-state index contributed by atoms with van der Waals surface area (Å²) in [4.78, 5) is 28.7. The second-order valence-corrected chi connectivity index (χ2v) is 5.34. The van der Waals surface area contributed by atoms with Crippen molar-refractivity contribution in [3.05, 3.63) is 16.1 Å². The highest BCUT2D eigenvalue weighted by atomic mass is 32.1. The third-order valence-electron chi connectivity index (χ3n) is 3.32. The number of thiazole rings is 1. The summed E-state index contributed by atoms with van der Waals surface area (Å²) in [5.41, 5.74) is -0.0776. The molecule has 1 aliphatic rings. The third kappa shape index (κ3) is 3.30. The van der Waals surface area contributed by atoms with Crippen LogP contribution in [-0.2, 0) is 0 Å². The molecule has 1 fully saturated rings. The molecule has 1 aromatic heterocycles. The topological polar surface area (TPSA) is 82.5 Å². The van der Waals surface area contributed by atoms with Crippen LogP contribution in [0.25, 0.3) is 0 Å².